The molecule has 2 heterocycles. The van der Waals surface area contributed by atoms with Crippen molar-refractivity contribution < 1.29 is 5.11 Å². The maximum absolute atomic E-state index is 9.00. The molecule has 0 spiro atoms. The predicted molar refractivity (Wildman–Crippen MR) is 76.6 cm³/mol. The summed E-state index contributed by atoms with van der Waals surface area (Å²) in [5.74, 6) is 1.67. The van der Waals surface area contributed by atoms with E-state index in [0.717, 1.165) is 51.5 Å². The van der Waals surface area contributed by atoms with Crippen LogP contribution in [0, 0.1) is 0 Å². The summed E-state index contributed by atoms with van der Waals surface area (Å²) in [5, 5.41) is 12.1. The van der Waals surface area contributed by atoms with Crippen molar-refractivity contribution in [3.63, 3.8) is 0 Å². The van der Waals surface area contributed by atoms with Crippen LogP contribution in [0.3, 0.4) is 0 Å². The summed E-state index contributed by atoms with van der Waals surface area (Å²) in [5.41, 5.74) is 0. The number of hydrogen-bond donors (Lipinski definition) is 2. The summed E-state index contributed by atoms with van der Waals surface area (Å²) < 4.78 is 0. The Morgan fingerprint density at radius 2 is 2.21 bits per heavy atom. The lowest BCUT2D eigenvalue weighted by molar-refractivity contribution is 0.204. The van der Waals surface area contributed by atoms with Gasteiger partial charge in [0, 0.05) is 38.9 Å². The Kier molecular flexibility index (Phi) is 5.35. The van der Waals surface area contributed by atoms with Crippen LogP contribution in [0.1, 0.15) is 13.3 Å². The highest BCUT2D eigenvalue weighted by Gasteiger charge is 2.15. The molecule has 0 unspecified atom stereocenters. The first-order valence-corrected chi connectivity index (χ1v) is 6.98. The van der Waals surface area contributed by atoms with Gasteiger partial charge in [-0.25, -0.2) is 4.98 Å². The minimum atomic E-state index is 0.234. The third kappa shape index (κ3) is 4.04. The van der Waals surface area contributed by atoms with Gasteiger partial charge in [-0.1, -0.05) is 0 Å². The van der Waals surface area contributed by atoms with Crippen molar-refractivity contribution in [1.29, 1.82) is 0 Å². The Labute approximate surface area is 114 Å². The third-order valence-electron chi connectivity index (χ3n) is 3.30. The number of aliphatic hydroxyl groups excluding tert-OH is 1. The molecule has 0 aliphatic carbocycles. The van der Waals surface area contributed by atoms with E-state index in [-0.39, 0.29) is 6.61 Å². The smallest absolute Gasteiger partial charge is 0.224 e. The second kappa shape index (κ2) is 7.25. The lowest BCUT2D eigenvalue weighted by Crippen LogP contribution is -2.32. The minimum Gasteiger partial charge on any atom is -0.395 e. The van der Waals surface area contributed by atoms with Crippen LogP contribution in [-0.2, 0) is 0 Å². The number of anilines is 2. The lowest BCUT2D eigenvalue weighted by Gasteiger charge is -2.22. The van der Waals surface area contributed by atoms with Crippen LogP contribution in [0.5, 0.6) is 0 Å². The molecule has 1 aromatic heterocycles. The Bertz CT molecular complexity index is 387. The Morgan fingerprint density at radius 3 is 3.00 bits per heavy atom. The fraction of sp³-hybridized carbons (Fsp3) is 0.692. The molecule has 1 saturated heterocycles. The van der Waals surface area contributed by atoms with Gasteiger partial charge in [0.1, 0.15) is 5.82 Å². The standard InChI is InChI=1S/C13H23N5O/c1-2-14-13-15-5-4-12(16-13)18-7-3-6-17(8-9-18)10-11-19/h4-5,19H,2-3,6-11H2,1H3,(H,14,15,16). The number of nitrogens with one attached hydrogen (secondary N) is 1. The van der Waals surface area contributed by atoms with Gasteiger partial charge in [0.05, 0.1) is 6.61 Å². The largest absolute Gasteiger partial charge is 0.395 e. The van der Waals surface area contributed by atoms with Crippen LogP contribution < -0.4 is 10.2 Å². The van der Waals surface area contributed by atoms with Gasteiger partial charge in [0.25, 0.3) is 0 Å². The van der Waals surface area contributed by atoms with E-state index in [1.807, 2.05) is 13.0 Å². The van der Waals surface area contributed by atoms with E-state index in [9.17, 15) is 0 Å². The highest BCUT2D eigenvalue weighted by atomic mass is 16.3. The molecule has 1 aliphatic heterocycles. The second-order valence-electron chi connectivity index (χ2n) is 4.67. The van der Waals surface area contributed by atoms with Gasteiger partial charge in [-0.15, -0.1) is 0 Å². The monoisotopic (exact) mass is 265 g/mol. The molecule has 106 valence electrons. The van der Waals surface area contributed by atoms with Crippen molar-refractivity contribution in [2.24, 2.45) is 0 Å². The summed E-state index contributed by atoms with van der Waals surface area (Å²) in [7, 11) is 0. The molecule has 19 heavy (non-hydrogen) atoms. The molecular formula is C13H23N5O. The van der Waals surface area contributed by atoms with Gasteiger partial charge in [0.2, 0.25) is 5.95 Å². The molecule has 1 aromatic rings. The maximum Gasteiger partial charge on any atom is 0.224 e. The molecule has 0 saturated carbocycles. The van der Waals surface area contributed by atoms with Crippen LogP contribution in [0.4, 0.5) is 11.8 Å². The number of aromatic nitrogens is 2. The first kappa shape index (κ1) is 14.0. The van der Waals surface area contributed by atoms with E-state index >= 15 is 0 Å². The fourth-order valence-electron chi connectivity index (χ4n) is 2.33. The summed E-state index contributed by atoms with van der Waals surface area (Å²) in [6.45, 7) is 7.83. The Hall–Kier alpha value is -1.40. The predicted octanol–water partition coefficient (Wildman–Crippen LogP) is 0.413. The van der Waals surface area contributed by atoms with Crippen molar-refractivity contribution in [3.8, 4) is 0 Å². The van der Waals surface area contributed by atoms with Gasteiger partial charge >= 0.3 is 0 Å². The molecule has 6 heteroatoms. The topological polar surface area (TPSA) is 64.5 Å². The maximum atomic E-state index is 9.00. The number of β-amino-alcohol motifs (C(OH)–C–C–N with tert-alkyl or cyclic N) is 1. The average Bonchev–Trinajstić information content (AvgIpc) is 2.66. The van der Waals surface area contributed by atoms with Gasteiger partial charge in [-0.05, 0) is 26.0 Å². The highest BCUT2D eigenvalue weighted by molar-refractivity contribution is 5.42. The third-order valence-corrected chi connectivity index (χ3v) is 3.30. The van der Waals surface area contributed by atoms with Crippen LogP contribution in [-0.4, -0.2) is 65.8 Å². The first-order valence-electron chi connectivity index (χ1n) is 6.98. The Morgan fingerprint density at radius 1 is 1.32 bits per heavy atom. The van der Waals surface area contributed by atoms with Crippen LogP contribution in [0.15, 0.2) is 12.3 Å². The highest BCUT2D eigenvalue weighted by Crippen LogP contribution is 2.14. The van der Waals surface area contributed by atoms with E-state index in [1.165, 1.54) is 0 Å². The van der Waals surface area contributed by atoms with Crippen molar-refractivity contribution in [2.75, 3.05) is 56.1 Å². The molecule has 1 aliphatic rings. The number of hydrogen-bond acceptors (Lipinski definition) is 6. The van der Waals surface area contributed by atoms with E-state index in [2.05, 4.69) is 25.1 Å². The molecule has 0 aromatic carbocycles. The molecule has 6 nitrogen and oxygen atoms in total. The van der Waals surface area contributed by atoms with Gasteiger partial charge in [0.15, 0.2) is 0 Å². The van der Waals surface area contributed by atoms with Crippen molar-refractivity contribution in [1.82, 2.24) is 14.9 Å². The summed E-state index contributed by atoms with van der Waals surface area (Å²) in [6.07, 6.45) is 2.90. The Balaban J connectivity index is 1.99. The normalized spacial score (nSPS) is 17.3. The van der Waals surface area contributed by atoms with E-state index in [1.54, 1.807) is 6.20 Å². The molecule has 0 radical (unpaired) electrons. The van der Waals surface area contributed by atoms with Crippen LogP contribution in [0.25, 0.3) is 0 Å². The van der Waals surface area contributed by atoms with Crippen molar-refractivity contribution >= 4 is 11.8 Å². The number of nitrogens with zero attached hydrogens (tertiary/aromatic N) is 4. The minimum absolute atomic E-state index is 0.234. The number of aliphatic hydroxyl groups is 1. The van der Waals surface area contributed by atoms with Crippen molar-refractivity contribution in [3.05, 3.63) is 12.3 Å². The summed E-state index contributed by atoms with van der Waals surface area (Å²) in [6, 6.07) is 1.96. The molecular weight excluding hydrogens is 242 g/mol. The van der Waals surface area contributed by atoms with E-state index in [0.29, 0.717) is 5.95 Å². The zero-order valence-electron chi connectivity index (χ0n) is 11.5. The summed E-state index contributed by atoms with van der Waals surface area (Å²) in [4.78, 5) is 13.3. The number of rotatable bonds is 5. The molecule has 2 rings (SSSR count). The van der Waals surface area contributed by atoms with Crippen molar-refractivity contribution in [2.45, 2.75) is 13.3 Å². The summed E-state index contributed by atoms with van der Waals surface area (Å²) >= 11 is 0. The zero-order valence-corrected chi connectivity index (χ0v) is 11.5. The molecule has 0 atom stereocenters. The van der Waals surface area contributed by atoms with Gasteiger partial charge in [-0.2, -0.15) is 4.98 Å². The fourth-order valence-corrected chi connectivity index (χ4v) is 2.33. The van der Waals surface area contributed by atoms with E-state index in [4.69, 9.17) is 5.11 Å². The zero-order chi connectivity index (χ0) is 13.5. The molecule has 0 bridgehead atoms. The van der Waals surface area contributed by atoms with E-state index < -0.39 is 0 Å². The SMILES string of the molecule is CCNc1nccc(N2CCCN(CCO)CC2)n1. The lowest BCUT2D eigenvalue weighted by atomic mass is 10.4. The second-order valence-corrected chi connectivity index (χ2v) is 4.67. The van der Waals surface area contributed by atoms with Crippen LogP contribution >= 0.6 is 0 Å². The van der Waals surface area contributed by atoms with Crippen LogP contribution in [0.2, 0.25) is 0 Å². The molecule has 2 N–H and O–H groups in total. The quantitative estimate of drug-likeness (QED) is 0.804. The van der Waals surface area contributed by atoms with Gasteiger partial charge < -0.3 is 15.3 Å². The van der Waals surface area contributed by atoms with Gasteiger partial charge in [-0.3, -0.25) is 4.90 Å². The molecule has 0 amide bonds. The molecule has 1 fully saturated rings. The first-order chi connectivity index (χ1) is 9.33. The average molecular weight is 265 g/mol.